The molecule has 3 N–H and O–H groups in total. The minimum absolute atomic E-state index is 0.0632. The number of aromatic nitrogens is 5. The molecule has 1 saturated heterocycles. The van der Waals surface area contributed by atoms with Crippen molar-refractivity contribution in [1.29, 1.82) is 0 Å². The molecule has 1 fully saturated rings. The van der Waals surface area contributed by atoms with Gasteiger partial charge in [-0.15, -0.1) is 0 Å². The number of anilines is 3. The Morgan fingerprint density at radius 1 is 1.28 bits per heavy atom. The number of nitrogens with zero attached hydrogens (tertiary/aromatic N) is 5. The van der Waals surface area contributed by atoms with Gasteiger partial charge in [-0.3, -0.25) is 0 Å². The fourth-order valence-electron chi connectivity index (χ4n) is 3.98. The van der Waals surface area contributed by atoms with Gasteiger partial charge in [0.05, 0.1) is 23.2 Å². The van der Waals surface area contributed by atoms with E-state index in [4.69, 9.17) is 5.73 Å². The van der Waals surface area contributed by atoms with E-state index in [0.717, 1.165) is 22.4 Å². The molecule has 29 heavy (non-hydrogen) atoms. The number of nitrogen functional groups attached to an aromatic ring is 1. The quantitative estimate of drug-likeness (QED) is 0.650. The molecule has 4 heterocycles. The van der Waals surface area contributed by atoms with Crippen LogP contribution in [0.2, 0.25) is 0 Å². The van der Waals surface area contributed by atoms with Crippen LogP contribution in [0.5, 0.6) is 0 Å². The van der Waals surface area contributed by atoms with Gasteiger partial charge >= 0.3 is 0 Å². The molecular weight excluding hydrogens is 390 g/mol. The molecule has 0 amide bonds. The highest BCUT2D eigenvalue weighted by Gasteiger charge is 2.28. The van der Waals surface area contributed by atoms with Gasteiger partial charge in [0.15, 0.2) is 9.84 Å². The third kappa shape index (κ3) is 4.02. The van der Waals surface area contributed by atoms with Crippen LogP contribution in [0.3, 0.4) is 0 Å². The van der Waals surface area contributed by atoms with Crippen molar-refractivity contribution in [3.63, 3.8) is 0 Å². The fourth-order valence-corrected chi connectivity index (χ4v) is 5.84. The molecule has 0 radical (unpaired) electrons. The van der Waals surface area contributed by atoms with E-state index in [1.54, 1.807) is 12.4 Å². The van der Waals surface area contributed by atoms with Crippen molar-refractivity contribution in [1.82, 2.24) is 24.5 Å². The van der Waals surface area contributed by atoms with Crippen molar-refractivity contribution >= 4 is 38.5 Å². The van der Waals surface area contributed by atoms with E-state index in [0.29, 0.717) is 24.5 Å². The Morgan fingerprint density at radius 3 is 2.76 bits per heavy atom. The Kier molecular flexibility index (Phi) is 4.89. The van der Waals surface area contributed by atoms with Crippen LogP contribution in [0.1, 0.15) is 37.7 Å². The first-order valence-corrected chi connectivity index (χ1v) is 11.5. The van der Waals surface area contributed by atoms with E-state index in [1.807, 2.05) is 13.0 Å². The number of aryl methyl sites for hydroxylation is 1. The van der Waals surface area contributed by atoms with Crippen molar-refractivity contribution in [2.24, 2.45) is 5.92 Å². The lowest BCUT2D eigenvalue weighted by Gasteiger charge is -2.14. The standard InChI is InChI=1S/C19H25N7O2S/c1-11(2)26-12(3)23-15-9-21-17(7-16(15)26)24-18-14(8-22-19(20)25-18)6-13-4-5-29(27,28)10-13/h7-9,11,13H,4-6,10H2,1-3H3,(H3,20,21,22,24,25). The van der Waals surface area contributed by atoms with Crippen LogP contribution in [-0.4, -0.2) is 44.4 Å². The summed E-state index contributed by atoms with van der Waals surface area (Å²) in [7, 11) is -2.94. The predicted octanol–water partition coefficient (Wildman–Crippen LogP) is 2.41. The first-order valence-electron chi connectivity index (χ1n) is 9.65. The molecule has 1 unspecified atom stereocenters. The number of nitrogens with one attached hydrogen (secondary N) is 1. The van der Waals surface area contributed by atoms with Gasteiger partial charge in [-0.05, 0) is 39.5 Å². The molecule has 4 rings (SSSR count). The third-order valence-electron chi connectivity index (χ3n) is 5.23. The Balaban J connectivity index is 1.65. The lowest BCUT2D eigenvalue weighted by Crippen LogP contribution is -2.11. The minimum Gasteiger partial charge on any atom is -0.368 e. The molecule has 1 atom stereocenters. The van der Waals surface area contributed by atoms with Crippen molar-refractivity contribution in [2.45, 2.75) is 39.7 Å². The van der Waals surface area contributed by atoms with Crippen LogP contribution < -0.4 is 11.1 Å². The van der Waals surface area contributed by atoms with E-state index in [9.17, 15) is 8.42 Å². The van der Waals surface area contributed by atoms with E-state index in [1.165, 1.54) is 0 Å². The van der Waals surface area contributed by atoms with Gasteiger partial charge in [-0.2, -0.15) is 4.98 Å². The molecule has 3 aromatic rings. The molecular formula is C19H25N7O2S. The van der Waals surface area contributed by atoms with Crippen LogP contribution in [-0.2, 0) is 16.3 Å². The monoisotopic (exact) mass is 415 g/mol. The summed E-state index contributed by atoms with van der Waals surface area (Å²) in [6.07, 6.45) is 4.63. The number of imidazole rings is 1. The average Bonchev–Trinajstić information content (AvgIpc) is 3.14. The zero-order valence-electron chi connectivity index (χ0n) is 16.8. The summed E-state index contributed by atoms with van der Waals surface area (Å²) in [5, 5.41) is 3.24. The maximum Gasteiger partial charge on any atom is 0.221 e. The van der Waals surface area contributed by atoms with Crippen LogP contribution in [0.25, 0.3) is 11.0 Å². The number of nitrogens with two attached hydrogens (primary N) is 1. The van der Waals surface area contributed by atoms with Gasteiger partial charge < -0.3 is 15.6 Å². The molecule has 1 aliphatic heterocycles. The Labute approximate surface area is 169 Å². The first-order chi connectivity index (χ1) is 13.7. The second kappa shape index (κ2) is 7.25. The zero-order chi connectivity index (χ0) is 20.8. The zero-order valence-corrected chi connectivity index (χ0v) is 17.6. The molecule has 0 aliphatic carbocycles. The van der Waals surface area contributed by atoms with Gasteiger partial charge in [0.25, 0.3) is 0 Å². The van der Waals surface area contributed by atoms with E-state index < -0.39 is 9.84 Å². The lowest BCUT2D eigenvalue weighted by atomic mass is 10.0. The number of sulfone groups is 1. The fraction of sp³-hybridized carbons (Fsp3) is 0.474. The van der Waals surface area contributed by atoms with E-state index >= 15 is 0 Å². The largest absolute Gasteiger partial charge is 0.368 e. The van der Waals surface area contributed by atoms with Crippen LogP contribution >= 0.6 is 0 Å². The molecule has 10 heteroatoms. The summed E-state index contributed by atoms with van der Waals surface area (Å²) < 4.78 is 25.7. The van der Waals surface area contributed by atoms with Crippen LogP contribution in [0.4, 0.5) is 17.6 Å². The van der Waals surface area contributed by atoms with Crippen molar-refractivity contribution in [3.05, 3.63) is 29.8 Å². The summed E-state index contributed by atoms with van der Waals surface area (Å²) in [6, 6.07) is 2.21. The van der Waals surface area contributed by atoms with Gasteiger partial charge in [-0.1, -0.05) is 0 Å². The van der Waals surface area contributed by atoms with Crippen molar-refractivity contribution < 1.29 is 8.42 Å². The normalized spacial score (nSPS) is 18.6. The Morgan fingerprint density at radius 2 is 2.07 bits per heavy atom. The van der Waals surface area contributed by atoms with E-state index in [-0.39, 0.29) is 29.4 Å². The van der Waals surface area contributed by atoms with Gasteiger partial charge in [0.2, 0.25) is 5.95 Å². The smallest absolute Gasteiger partial charge is 0.221 e. The average molecular weight is 416 g/mol. The summed E-state index contributed by atoms with van der Waals surface area (Å²) in [4.78, 5) is 17.5. The molecule has 0 aromatic carbocycles. The summed E-state index contributed by atoms with van der Waals surface area (Å²) in [5.41, 5.74) is 8.45. The predicted molar refractivity (Wildman–Crippen MR) is 113 cm³/mol. The minimum atomic E-state index is -2.94. The maximum absolute atomic E-state index is 11.8. The SMILES string of the molecule is Cc1nc2cnc(Nc3nc(N)ncc3CC3CCS(=O)(=O)C3)cc2n1C(C)C. The number of rotatable bonds is 5. The van der Waals surface area contributed by atoms with Gasteiger partial charge in [-0.25, -0.2) is 23.4 Å². The Bertz CT molecular complexity index is 1170. The third-order valence-corrected chi connectivity index (χ3v) is 7.07. The maximum atomic E-state index is 11.8. The Hall–Kier alpha value is -2.75. The van der Waals surface area contributed by atoms with Gasteiger partial charge in [0.1, 0.15) is 23.0 Å². The molecule has 1 aliphatic rings. The molecule has 9 nitrogen and oxygen atoms in total. The molecule has 0 bridgehead atoms. The summed E-state index contributed by atoms with van der Waals surface area (Å²) in [6.45, 7) is 6.20. The number of fused-ring (bicyclic) bond motifs is 1. The highest BCUT2D eigenvalue weighted by atomic mass is 32.2. The molecule has 0 spiro atoms. The summed E-state index contributed by atoms with van der Waals surface area (Å²) in [5.74, 6) is 2.77. The van der Waals surface area contributed by atoms with Crippen LogP contribution in [0.15, 0.2) is 18.5 Å². The number of hydrogen-bond donors (Lipinski definition) is 2. The topological polar surface area (TPSA) is 129 Å². The molecule has 3 aromatic heterocycles. The lowest BCUT2D eigenvalue weighted by molar-refractivity contribution is 0.582. The molecule has 0 saturated carbocycles. The van der Waals surface area contributed by atoms with Crippen molar-refractivity contribution in [3.8, 4) is 0 Å². The number of pyridine rings is 1. The second-order valence-electron chi connectivity index (χ2n) is 7.88. The molecule has 154 valence electrons. The highest BCUT2D eigenvalue weighted by Crippen LogP contribution is 2.28. The van der Waals surface area contributed by atoms with Crippen molar-refractivity contribution in [2.75, 3.05) is 22.6 Å². The van der Waals surface area contributed by atoms with Crippen LogP contribution in [0, 0.1) is 12.8 Å². The van der Waals surface area contributed by atoms with Gasteiger partial charge in [0, 0.05) is 23.9 Å². The first kappa shape index (κ1) is 19.6. The second-order valence-corrected chi connectivity index (χ2v) is 10.1. The summed E-state index contributed by atoms with van der Waals surface area (Å²) >= 11 is 0. The highest BCUT2D eigenvalue weighted by molar-refractivity contribution is 7.91. The number of hydrogen-bond acceptors (Lipinski definition) is 8. The van der Waals surface area contributed by atoms with E-state index in [2.05, 4.69) is 43.7 Å².